The van der Waals surface area contributed by atoms with E-state index in [0.717, 1.165) is 19.3 Å². The summed E-state index contributed by atoms with van der Waals surface area (Å²) in [6.07, 6.45) is 15.3. The molecule has 0 bridgehead atoms. The quantitative estimate of drug-likeness (QED) is 0.466. The predicted molar refractivity (Wildman–Crippen MR) is 127 cm³/mol. The van der Waals surface area contributed by atoms with Crippen LogP contribution in [0.4, 0.5) is 0 Å². The van der Waals surface area contributed by atoms with Gasteiger partial charge in [0.2, 0.25) is 0 Å². The molecule has 0 fully saturated rings. The van der Waals surface area contributed by atoms with Crippen molar-refractivity contribution in [3.05, 3.63) is 108 Å². The molecule has 1 aliphatic rings. The van der Waals surface area contributed by atoms with Crippen LogP contribution in [0.2, 0.25) is 0 Å². The minimum atomic E-state index is -0.509. The summed E-state index contributed by atoms with van der Waals surface area (Å²) in [5, 5.41) is 2.89. The Balaban J connectivity index is 2.18. The summed E-state index contributed by atoms with van der Waals surface area (Å²) < 4.78 is 0. The van der Waals surface area contributed by atoms with Gasteiger partial charge in [-0.1, -0.05) is 112 Å². The van der Waals surface area contributed by atoms with Crippen LogP contribution in [0.15, 0.2) is 108 Å². The molecule has 0 aromatic heterocycles. The molecule has 0 heterocycles. The SMILES string of the molecule is CCC=C1C=CC(P(c2ccccc2)c2ccccc2)C(=CCC)C1=CCC. The van der Waals surface area contributed by atoms with Gasteiger partial charge in [-0.15, -0.1) is 0 Å². The third-order valence-corrected chi connectivity index (χ3v) is 7.72. The zero-order chi connectivity index (χ0) is 19.8. The van der Waals surface area contributed by atoms with Crippen LogP contribution < -0.4 is 10.6 Å². The summed E-state index contributed by atoms with van der Waals surface area (Å²) in [5.74, 6) is 0. The van der Waals surface area contributed by atoms with E-state index < -0.39 is 7.92 Å². The van der Waals surface area contributed by atoms with Crippen LogP contribution in [0, 0.1) is 0 Å². The topological polar surface area (TPSA) is 0 Å². The van der Waals surface area contributed by atoms with Crippen LogP contribution in [0.5, 0.6) is 0 Å². The Morgan fingerprint density at radius 2 is 1.25 bits per heavy atom. The summed E-state index contributed by atoms with van der Waals surface area (Å²) in [6.45, 7) is 6.72. The Morgan fingerprint density at radius 1 is 0.714 bits per heavy atom. The molecule has 0 nitrogen and oxygen atoms in total. The first-order valence-electron chi connectivity index (χ1n) is 10.5. The summed E-state index contributed by atoms with van der Waals surface area (Å²) >= 11 is 0. The zero-order valence-electron chi connectivity index (χ0n) is 17.3. The Kier molecular flexibility index (Phi) is 7.63. The van der Waals surface area contributed by atoms with E-state index in [1.165, 1.54) is 27.3 Å². The largest absolute Gasteiger partial charge is 0.0800 e. The zero-order valence-corrected chi connectivity index (χ0v) is 18.2. The van der Waals surface area contributed by atoms with Crippen LogP contribution in [-0.4, -0.2) is 5.66 Å². The first-order chi connectivity index (χ1) is 13.8. The van der Waals surface area contributed by atoms with E-state index in [1.807, 2.05) is 0 Å². The smallest absolute Gasteiger partial charge is 0.0308 e. The minimum Gasteiger partial charge on any atom is -0.0800 e. The van der Waals surface area contributed by atoms with Crippen molar-refractivity contribution in [1.82, 2.24) is 0 Å². The predicted octanol–water partition coefficient (Wildman–Crippen LogP) is 7.07. The molecule has 0 spiro atoms. The van der Waals surface area contributed by atoms with Gasteiger partial charge >= 0.3 is 0 Å². The van der Waals surface area contributed by atoms with Crippen LogP contribution in [0.1, 0.15) is 40.0 Å². The highest BCUT2D eigenvalue weighted by Gasteiger charge is 2.30. The molecular formula is C27H31P. The van der Waals surface area contributed by atoms with Gasteiger partial charge in [-0.3, -0.25) is 0 Å². The normalized spacial score (nSPS) is 21.1. The Bertz CT molecular complexity index is 829. The average molecular weight is 387 g/mol. The molecule has 0 aliphatic heterocycles. The fourth-order valence-corrected chi connectivity index (χ4v) is 6.58. The minimum absolute atomic E-state index is 0.409. The van der Waals surface area contributed by atoms with Gasteiger partial charge in [0.15, 0.2) is 0 Å². The molecule has 28 heavy (non-hydrogen) atoms. The molecular weight excluding hydrogens is 355 g/mol. The lowest BCUT2D eigenvalue weighted by atomic mass is 9.88. The molecule has 1 heteroatoms. The van der Waals surface area contributed by atoms with Gasteiger partial charge in [0.25, 0.3) is 0 Å². The van der Waals surface area contributed by atoms with Gasteiger partial charge in [0.05, 0.1) is 0 Å². The number of allylic oxidation sites excluding steroid dienone is 8. The molecule has 0 N–H and O–H groups in total. The maximum Gasteiger partial charge on any atom is 0.0308 e. The van der Waals surface area contributed by atoms with Crippen molar-refractivity contribution >= 4 is 18.5 Å². The van der Waals surface area contributed by atoms with E-state index in [-0.39, 0.29) is 0 Å². The van der Waals surface area contributed by atoms with Crippen molar-refractivity contribution in [2.24, 2.45) is 0 Å². The maximum atomic E-state index is 2.46. The molecule has 1 atom stereocenters. The van der Waals surface area contributed by atoms with Gasteiger partial charge in [0, 0.05) is 5.66 Å². The van der Waals surface area contributed by atoms with Crippen molar-refractivity contribution in [3.8, 4) is 0 Å². The lowest BCUT2D eigenvalue weighted by Crippen LogP contribution is -2.25. The molecule has 2 aromatic rings. The summed E-state index contributed by atoms with van der Waals surface area (Å²) in [5.41, 5.74) is 4.74. The first-order valence-corrected chi connectivity index (χ1v) is 11.9. The fourth-order valence-electron chi connectivity index (χ4n) is 3.88. The third kappa shape index (κ3) is 4.62. The highest BCUT2D eigenvalue weighted by molar-refractivity contribution is 7.74. The van der Waals surface area contributed by atoms with Crippen molar-refractivity contribution < 1.29 is 0 Å². The molecule has 2 aromatic carbocycles. The fraction of sp³-hybridized carbons (Fsp3) is 0.259. The number of benzene rings is 2. The summed E-state index contributed by atoms with van der Waals surface area (Å²) in [6, 6.07) is 22.1. The van der Waals surface area contributed by atoms with E-state index in [9.17, 15) is 0 Å². The highest BCUT2D eigenvalue weighted by Crippen LogP contribution is 2.49. The lowest BCUT2D eigenvalue weighted by molar-refractivity contribution is 1.08. The number of hydrogen-bond acceptors (Lipinski definition) is 0. The molecule has 0 amide bonds. The molecule has 0 saturated heterocycles. The van der Waals surface area contributed by atoms with Crippen molar-refractivity contribution in [2.45, 2.75) is 45.7 Å². The monoisotopic (exact) mass is 386 g/mol. The second kappa shape index (κ2) is 10.4. The van der Waals surface area contributed by atoms with Gasteiger partial charge in [0.1, 0.15) is 0 Å². The van der Waals surface area contributed by atoms with E-state index >= 15 is 0 Å². The van der Waals surface area contributed by atoms with E-state index in [2.05, 4.69) is 112 Å². The van der Waals surface area contributed by atoms with Crippen LogP contribution in [0.25, 0.3) is 0 Å². The molecule has 1 aliphatic carbocycles. The Labute approximate surface area is 172 Å². The highest BCUT2D eigenvalue weighted by atomic mass is 31.1. The summed E-state index contributed by atoms with van der Waals surface area (Å²) in [4.78, 5) is 0. The molecule has 0 radical (unpaired) electrons. The van der Waals surface area contributed by atoms with Crippen LogP contribution in [-0.2, 0) is 0 Å². The molecule has 144 valence electrons. The Hall–Kier alpha value is -2.17. The van der Waals surface area contributed by atoms with E-state index in [1.54, 1.807) is 0 Å². The third-order valence-electron chi connectivity index (χ3n) is 5.00. The van der Waals surface area contributed by atoms with Crippen LogP contribution in [0.3, 0.4) is 0 Å². The van der Waals surface area contributed by atoms with Crippen LogP contribution >= 0.6 is 7.92 Å². The standard InChI is InChI=1S/C27H31P/c1-4-13-22-20-21-27(26(15-6-3)25(22)14-5-2)28(23-16-9-7-10-17-23)24-18-11-8-12-19-24/h7-21,27H,4-6H2,1-3H3. The second-order valence-corrected chi connectivity index (χ2v) is 9.34. The van der Waals surface area contributed by atoms with Crippen molar-refractivity contribution in [1.29, 1.82) is 0 Å². The van der Waals surface area contributed by atoms with Gasteiger partial charge < -0.3 is 0 Å². The van der Waals surface area contributed by atoms with E-state index in [4.69, 9.17) is 0 Å². The lowest BCUT2D eigenvalue weighted by Gasteiger charge is -2.33. The molecule has 1 unspecified atom stereocenters. The summed E-state index contributed by atoms with van der Waals surface area (Å²) in [7, 11) is -0.509. The van der Waals surface area contributed by atoms with Gasteiger partial charge in [-0.05, 0) is 54.5 Å². The second-order valence-electron chi connectivity index (χ2n) is 7.01. The average Bonchev–Trinajstić information content (AvgIpc) is 2.74. The number of rotatable bonds is 6. The van der Waals surface area contributed by atoms with Crippen molar-refractivity contribution in [3.63, 3.8) is 0 Å². The molecule has 0 saturated carbocycles. The van der Waals surface area contributed by atoms with E-state index in [0.29, 0.717) is 5.66 Å². The first kappa shape index (κ1) is 20.6. The van der Waals surface area contributed by atoms with Gasteiger partial charge in [-0.2, -0.15) is 0 Å². The molecule has 3 rings (SSSR count). The maximum absolute atomic E-state index is 2.46. The van der Waals surface area contributed by atoms with Crippen molar-refractivity contribution in [2.75, 3.05) is 0 Å². The van der Waals surface area contributed by atoms with Gasteiger partial charge in [-0.25, -0.2) is 0 Å². The Morgan fingerprint density at radius 3 is 1.75 bits per heavy atom. The number of hydrogen-bond donors (Lipinski definition) is 0.